The lowest BCUT2D eigenvalue weighted by molar-refractivity contribution is 0.433. The van der Waals surface area contributed by atoms with Gasteiger partial charge < -0.3 is 10.3 Å². The highest BCUT2D eigenvalue weighted by molar-refractivity contribution is 9.13. The van der Waals surface area contributed by atoms with Gasteiger partial charge in [0.05, 0.1) is 8.66 Å². The van der Waals surface area contributed by atoms with Crippen molar-refractivity contribution in [2.75, 3.05) is 5.73 Å². The number of aromatic nitrogens is 2. The lowest BCUT2D eigenvalue weighted by Gasteiger charge is -1.94. The van der Waals surface area contributed by atoms with Gasteiger partial charge in [-0.1, -0.05) is 5.16 Å². The van der Waals surface area contributed by atoms with E-state index in [2.05, 4.69) is 42.0 Å². The molecular formula is C12H7Br2N3OS. The molecule has 0 amide bonds. The van der Waals surface area contributed by atoms with E-state index in [1.807, 2.05) is 30.3 Å². The Morgan fingerprint density at radius 2 is 1.89 bits per heavy atom. The first-order valence-corrected chi connectivity index (χ1v) is 7.68. The Bertz CT molecular complexity index is 701. The van der Waals surface area contributed by atoms with Crippen LogP contribution in [-0.4, -0.2) is 10.1 Å². The Balaban J connectivity index is 1.97. The average molecular weight is 401 g/mol. The van der Waals surface area contributed by atoms with Crippen LogP contribution in [-0.2, 0) is 0 Å². The fourth-order valence-corrected chi connectivity index (χ4v) is 3.48. The van der Waals surface area contributed by atoms with E-state index in [1.54, 1.807) is 0 Å². The van der Waals surface area contributed by atoms with Gasteiger partial charge in [0.1, 0.15) is 0 Å². The zero-order valence-corrected chi connectivity index (χ0v) is 13.4. The van der Waals surface area contributed by atoms with Crippen molar-refractivity contribution in [2.45, 2.75) is 0 Å². The van der Waals surface area contributed by atoms with Gasteiger partial charge in [-0.2, -0.15) is 4.98 Å². The number of thiophene rings is 1. The predicted octanol–water partition coefficient (Wildman–Crippen LogP) is 4.57. The fraction of sp³-hybridized carbons (Fsp3) is 0. The first kappa shape index (κ1) is 12.8. The zero-order chi connectivity index (χ0) is 13.4. The average Bonchev–Trinajstić information content (AvgIpc) is 2.99. The minimum atomic E-state index is 0.503. The molecule has 0 bridgehead atoms. The topological polar surface area (TPSA) is 64.9 Å². The molecule has 0 spiro atoms. The second-order valence-electron chi connectivity index (χ2n) is 3.78. The molecule has 2 N–H and O–H groups in total. The maximum Gasteiger partial charge on any atom is 0.268 e. The minimum absolute atomic E-state index is 0.503. The standard InChI is InChI=1S/C12H7Br2N3OS/c13-8-5-9(19-10(8)14)12-16-11(17-18-12)6-1-3-7(15)4-2-6/h1-5H,15H2. The van der Waals surface area contributed by atoms with Crippen LogP contribution in [0.3, 0.4) is 0 Å². The van der Waals surface area contributed by atoms with Crippen molar-refractivity contribution in [3.05, 3.63) is 38.6 Å². The van der Waals surface area contributed by atoms with Gasteiger partial charge in [-0.3, -0.25) is 0 Å². The molecule has 0 radical (unpaired) electrons. The fourth-order valence-electron chi connectivity index (χ4n) is 1.52. The molecule has 96 valence electrons. The summed E-state index contributed by atoms with van der Waals surface area (Å²) in [5, 5.41) is 3.98. The van der Waals surface area contributed by atoms with E-state index in [4.69, 9.17) is 10.3 Å². The molecule has 0 saturated carbocycles. The van der Waals surface area contributed by atoms with Gasteiger partial charge in [0.2, 0.25) is 5.82 Å². The van der Waals surface area contributed by atoms with Crippen LogP contribution >= 0.6 is 43.2 Å². The molecule has 0 aliphatic heterocycles. The summed E-state index contributed by atoms with van der Waals surface area (Å²) in [6.07, 6.45) is 0. The first-order chi connectivity index (χ1) is 9.13. The van der Waals surface area contributed by atoms with Crippen LogP contribution < -0.4 is 5.73 Å². The molecule has 0 atom stereocenters. The molecule has 2 heterocycles. The molecule has 3 rings (SSSR count). The summed E-state index contributed by atoms with van der Waals surface area (Å²) < 4.78 is 7.25. The smallest absolute Gasteiger partial charge is 0.268 e. The van der Waals surface area contributed by atoms with E-state index in [0.29, 0.717) is 17.4 Å². The number of nitrogens with two attached hydrogens (primary N) is 1. The number of rotatable bonds is 2. The third kappa shape index (κ3) is 2.58. The summed E-state index contributed by atoms with van der Waals surface area (Å²) in [7, 11) is 0. The third-order valence-electron chi connectivity index (χ3n) is 2.45. The first-order valence-electron chi connectivity index (χ1n) is 5.28. The van der Waals surface area contributed by atoms with Gasteiger partial charge in [-0.25, -0.2) is 0 Å². The Morgan fingerprint density at radius 1 is 1.16 bits per heavy atom. The maximum atomic E-state index is 5.65. The van der Waals surface area contributed by atoms with Crippen molar-refractivity contribution < 1.29 is 4.52 Å². The van der Waals surface area contributed by atoms with Crippen molar-refractivity contribution in [2.24, 2.45) is 0 Å². The van der Waals surface area contributed by atoms with E-state index in [9.17, 15) is 0 Å². The number of anilines is 1. The molecule has 1 aromatic carbocycles. The Hall–Kier alpha value is -1.18. The molecule has 2 aromatic heterocycles. The largest absolute Gasteiger partial charge is 0.399 e. The Morgan fingerprint density at radius 3 is 2.53 bits per heavy atom. The molecule has 0 unspecified atom stereocenters. The summed E-state index contributed by atoms with van der Waals surface area (Å²) in [6, 6.07) is 9.29. The van der Waals surface area contributed by atoms with Crippen molar-refractivity contribution in [1.82, 2.24) is 10.1 Å². The molecule has 19 heavy (non-hydrogen) atoms. The maximum absolute atomic E-state index is 5.65. The van der Waals surface area contributed by atoms with Crippen molar-refractivity contribution >= 4 is 48.9 Å². The highest BCUT2D eigenvalue weighted by atomic mass is 79.9. The van der Waals surface area contributed by atoms with Crippen molar-refractivity contribution in [3.8, 4) is 22.2 Å². The van der Waals surface area contributed by atoms with Crippen LogP contribution in [0, 0.1) is 0 Å². The zero-order valence-electron chi connectivity index (χ0n) is 9.43. The number of halogens is 2. The number of hydrogen-bond donors (Lipinski definition) is 1. The van der Waals surface area contributed by atoms with Crippen molar-refractivity contribution in [3.63, 3.8) is 0 Å². The number of hydrogen-bond acceptors (Lipinski definition) is 5. The molecule has 0 saturated heterocycles. The van der Waals surface area contributed by atoms with Crippen LogP contribution in [0.2, 0.25) is 0 Å². The number of benzene rings is 1. The van der Waals surface area contributed by atoms with Crippen LogP contribution in [0.25, 0.3) is 22.2 Å². The van der Waals surface area contributed by atoms with Crippen molar-refractivity contribution in [1.29, 1.82) is 0 Å². The Kier molecular flexibility index (Phi) is 3.42. The highest BCUT2D eigenvalue weighted by Crippen LogP contribution is 2.37. The van der Waals surface area contributed by atoms with E-state index < -0.39 is 0 Å². The molecule has 7 heteroatoms. The molecule has 0 aliphatic carbocycles. The second kappa shape index (κ2) is 5.07. The summed E-state index contributed by atoms with van der Waals surface area (Å²) in [6.45, 7) is 0. The van der Waals surface area contributed by atoms with Gasteiger partial charge in [-0.05, 0) is 62.2 Å². The number of nitrogen functional groups attached to an aromatic ring is 1. The van der Waals surface area contributed by atoms with Crippen LogP contribution in [0.15, 0.2) is 43.1 Å². The van der Waals surface area contributed by atoms with E-state index in [0.717, 1.165) is 18.7 Å². The van der Waals surface area contributed by atoms with Crippen LogP contribution in [0.1, 0.15) is 0 Å². The van der Waals surface area contributed by atoms with Gasteiger partial charge in [-0.15, -0.1) is 11.3 Å². The summed E-state index contributed by atoms with van der Waals surface area (Å²) in [5.41, 5.74) is 7.23. The predicted molar refractivity (Wildman–Crippen MR) is 82.9 cm³/mol. The summed E-state index contributed by atoms with van der Waals surface area (Å²) >= 11 is 8.41. The minimum Gasteiger partial charge on any atom is -0.399 e. The van der Waals surface area contributed by atoms with E-state index in [-0.39, 0.29) is 0 Å². The van der Waals surface area contributed by atoms with Crippen LogP contribution in [0.4, 0.5) is 5.69 Å². The van der Waals surface area contributed by atoms with E-state index >= 15 is 0 Å². The third-order valence-corrected chi connectivity index (χ3v) is 5.70. The molecule has 3 aromatic rings. The number of nitrogens with zero attached hydrogens (tertiary/aromatic N) is 2. The van der Waals surface area contributed by atoms with Gasteiger partial charge in [0.15, 0.2) is 0 Å². The SMILES string of the molecule is Nc1ccc(-c2noc(-c3cc(Br)c(Br)s3)n2)cc1. The van der Waals surface area contributed by atoms with Gasteiger partial charge in [0, 0.05) is 15.7 Å². The lowest BCUT2D eigenvalue weighted by atomic mass is 10.2. The quantitative estimate of drug-likeness (QED) is 0.639. The monoisotopic (exact) mass is 399 g/mol. The molecule has 4 nitrogen and oxygen atoms in total. The lowest BCUT2D eigenvalue weighted by Crippen LogP contribution is -1.85. The normalized spacial score (nSPS) is 10.8. The molecule has 0 fully saturated rings. The van der Waals surface area contributed by atoms with Crippen LogP contribution in [0.5, 0.6) is 0 Å². The highest BCUT2D eigenvalue weighted by Gasteiger charge is 2.14. The molecular weight excluding hydrogens is 394 g/mol. The Labute approximate surface area is 129 Å². The molecule has 0 aliphatic rings. The van der Waals surface area contributed by atoms with E-state index in [1.165, 1.54) is 11.3 Å². The van der Waals surface area contributed by atoms with Gasteiger partial charge >= 0.3 is 0 Å². The van der Waals surface area contributed by atoms with Gasteiger partial charge in [0.25, 0.3) is 5.89 Å². The summed E-state index contributed by atoms with van der Waals surface area (Å²) in [5.74, 6) is 1.05. The second-order valence-corrected chi connectivity index (χ2v) is 7.00. The summed E-state index contributed by atoms with van der Waals surface area (Å²) in [4.78, 5) is 5.30.